The van der Waals surface area contributed by atoms with Gasteiger partial charge in [-0.05, 0) is 49.4 Å². The van der Waals surface area contributed by atoms with Crippen molar-refractivity contribution in [2.24, 2.45) is 23.7 Å². The summed E-state index contributed by atoms with van der Waals surface area (Å²) in [6.07, 6.45) is 44.5. The first-order valence-corrected chi connectivity index (χ1v) is 40.2. The SMILES string of the molecule is CC(C)CCCCCCCCCCCCCCCC(=O)O[C@H](COC(=O)CCCCCCCCCC(C)C)COP(=O)(O)OCC(O)COP(=O)(O)OC[C@@H](COC(=O)CCCCCCCCCCC(C)C)OC(=O)CCCCCCCCCCCCCC(C)C. The van der Waals surface area contributed by atoms with E-state index < -0.39 is 97.5 Å². The molecule has 0 radical (unpaired) electrons. The quantitative estimate of drug-likeness (QED) is 0.0222. The lowest BCUT2D eigenvalue weighted by Crippen LogP contribution is -2.30. The van der Waals surface area contributed by atoms with Crippen LogP contribution in [0.4, 0.5) is 0 Å². The van der Waals surface area contributed by atoms with Crippen LogP contribution in [0.1, 0.15) is 357 Å². The van der Waals surface area contributed by atoms with Gasteiger partial charge in [-0.25, -0.2) is 9.13 Å². The van der Waals surface area contributed by atoms with Crippen molar-refractivity contribution >= 4 is 39.5 Å². The van der Waals surface area contributed by atoms with Crippen LogP contribution in [-0.2, 0) is 65.4 Å². The Hall–Kier alpha value is -1.94. The summed E-state index contributed by atoms with van der Waals surface area (Å²) >= 11 is 0. The molecule has 17 nitrogen and oxygen atoms in total. The largest absolute Gasteiger partial charge is 0.472 e. The first kappa shape index (κ1) is 89.1. The molecular formula is C72H140O17P2. The Labute approximate surface area is 556 Å². The van der Waals surface area contributed by atoms with E-state index in [-0.39, 0.29) is 25.7 Å². The van der Waals surface area contributed by atoms with E-state index in [1.807, 2.05) is 0 Å². The molecule has 0 saturated carbocycles. The van der Waals surface area contributed by atoms with E-state index in [1.54, 1.807) is 0 Å². The predicted octanol–water partition coefficient (Wildman–Crippen LogP) is 20.5. The molecular weight excluding hydrogens is 1200 g/mol. The summed E-state index contributed by atoms with van der Waals surface area (Å²) in [5.74, 6) is 0.856. The highest BCUT2D eigenvalue weighted by Gasteiger charge is 2.30. The lowest BCUT2D eigenvalue weighted by atomic mass is 10.0. The van der Waals surface area contributed by atoms with Crippen LogP contribution in [0.25, 0.3) is 0 Å². The number of aliphatic hydroxyl groups excluding tert-OH is 1. The summed E-state index contributed by atoms with van der Waals surface area (Å²) < 4.78 is 68.4. The van der Waals surface area contributed by atoms with E-state index in [0.717, 1.165) is 114 Å². The highest BCUT2D eigenvalue weighted by Crippen LogP contribution is 2.45. The Balaban J connectivity index is 5.25. The first-order chi connectivity index (χ1) is 43.6. The molecule has 3 unspecified atom stereocenters. The zero-order chi connectivity index (χ0) is 67.5. The van der Waals surface area contributed by atoms with Gasteiger partial charge >= 0.3 is 39.5 Å². The molecule has 0 amide bonds. The Kier molecular flexibility index (Phi) is 60.3. The van der Waals surface area contributed by atoms with Gasteiger partial charge in [0.15, 0.2) is 12.2 Å². The van der Waals surface area contributed by atoms with E-state index in [9.17, 15) is 43.2 Å². The van der Waals surface area contributed by atoms with Crippen LogP contribution in [-0.4, -0.2) is 96.7 Å². The van der Waals surface area contributed by atoms with Gasteiger partial charge in [-0.3, -0.25) is 37.3 Å². The molecule has 540 valence electrons. The summed E-state index contributed by atoms with van der Waals surface area (Å²) in [4.78, 5) is 72.6. The zero-order valence-corrected chi connectivity index (χ0v) is 61.3. The Bertz CT molecular complexity index is 1800. The molecule has 0 bridgehead atoms. The summed E-state index contributed by atoms with van der Waals surface area (Å²) in [6.45, 7) is 14.1. The lowest BCUT2D eigenvalue weighted by molar-refractivity contribution is -0.161. The fourth-order valence-corrected chi connectivity index (χ4v) is 12.4. The highest BCUT2D eigenvalue weighted by atomic mass is 31.2. The van der Waals surface area contributed by atoms with Gasteiger partial charge < -0.3 is 33.8 Å². The van der Waals surface area contributed by atoms with E-state index in [1.165, 1.54) is 154 Å². The van der Waals surface area contributed by atoms with Crippen molar-refractivity contribution in [2.75, 3.05) is 39.6 Å². The smallest absolute Gasteiger partial charge is 0.462 e. The van der Waals surface area contributed by atoms with Gasteiger partial charge in [0.05, 0.1) is 26.4 Å². The fourth-order valence-electron chi connectivity index (χ4n) is 10.8. The monoisotopic (exact) mass is 1340 g/mol. The van der Waals surface area contributed by atoms with Crippen molar-refractivity contribution in [3.63, 3.8) is 0 Å². The van der Waals surface area contributed by atoms with Crippen LogP contribution in [0, 0.1) is 23.7 Å². The van der Waals surface area contributed by atoms with E-state index >= 15 is 0 Å². The second-order valence-corrected chi connectivity index (χ2v) is 30.8. The number of aliphatic hydroxyl groups is 1. The normalized spacial score (nSPS) is 14.2. The number of rotatable bonds is 69. The average molecular weight is 1340 g/mol. The molecule has 0 heterocycles. The summed E-state index contributed by atoms with van der Waals surface area (Å²) in [7, 11) is -9.91. The third kappa shape index (κ3) is 66.5. The fraction of sp³-hybridized carbons (Fsp3) is 0.944. The second kappa shape index (κ2) is 61.6. The Morgan fingerprint density at radius 1 is 0.275 bits per heavy atom. The minimum atomic E-state index is -4.95. The molecule has 0 fully saturated rings. The molecule has 5 atom stereocenters. The van der Waals surface area contributed by atoms with Crippen LogP contribution in [0.15, 0.2) is 0 Å². The minimum Gasteiger partial charge on any atom is -0.462 e. The molecule has 0 rings (SSSR count). The van der Waals surface area contributed by atoms with Crippen molar-refractivity contribution in [1.29, 1.82) is 0 Å². The number of hydrogen-bond donors (Lipinski definition) is 3. The molecule has 0 saturated heterocycles. The molecule has 0 aromatic rings. The maximum atomic E-state index is 13.0. The number of phosphoric acid groups is 2. The van der Waals surface area contributed by atoms with Gasteiger partial charge in [-0.1, -0.05) is 306 Å². The second-order valence-electron chi connectivity index (χ2n) is 27.9. The van der Waals surface area contributed by atoms with Crippen molar-refractivity contribution in [1.82, 2.24) is 0 Å². The van der Waals surface area contributed by atoms with Gasteiger partial charge in [-0.2, -0.15) is 0 Å². The Morgan fingerprint density at radius 3 is 0.681 bits per heavy atom. The molecule has 0 aliphatic rings. The number of hydrogen-bond acceptors (Lipinski definition) is 15. The lowest BCUT2D eigenvalue weighted by Gasteiger charge is -2.21. The van der Waals surface area contributed by atoms with E-state index in [2.05, 4.69) is 55.4 Å². The summed E-state index contributed by atoms with van der Waals surface area (Å²) in [5, 5.41) is 10.6. The standard InChI is InChI=1S/C72H140O17P2/c1-62(2)48-40-32-24-17-13-10-9-11-15-19-29-38-46-54-71(76)89-68(59-83-70(75)53-45-37-31-23-27-35-43-51-65(7)8)61-87-91(80,81)85-57-66(73)56-84-90(78,79)86-60-67(58-82-69(74)52-44-36-28-22-21-26-34-42-50-64(5)6)88-72(77)55-47-39-30-20-16-12-14-18-25-33-41-49-63(3)4/h62-68,73H,9-61H2,1-8H3,(H,78,79)(H,80,81)/t66?,67-,68-/m1/s1. The van der Waals surface area contributed by atoms with Crippen LogP contribution in [0.5, 0.6) is 0 Å². The van der Waals surface area contributed by atoms with Crippen LogP contribution >= 0.6 is 15.6 Å². The van der Waals surface area contributed by atoms with Crippen molar-refractivity contribution < 1.29 is 80.2 Å². The highest BCUT2D eigenvalue weighted by molar-refractivity contribution is 7.47. The molecule has 0 aliphatic carbocycles. The van der Waals surface area contributed by atoms with Gasteiger partial charge in [-0.15, -0.1) is 0 Å². The third-order valence-electron chi connectivity index (χ3n) is 16.6. The van der Waals surface area contributed by atoms with E-state index in [0.29, 0.717) is 31.6 Å². The number of ether oxygens (including phenoxy) is 4. The van der Waals surface area contributed by atoms with Crippen LogP contribution < -0.4 is 0 Å². The average Bonchev–Trinajstić information content (AvgIpc) is 2.76. The molecule has 3 N–H and O–H groups in total. The molecule has 91 heavy (non-hydrogen) atoms. The molecule has 0 aromatic heterocycles. The molecule has 19 heteroatoms. The number of carbonyl (C=O) groups is 4. The maximum absolute atomic E-state index is 13.0. The number of phosphoric ester groups is 2. The Morgan fingerprint density at radius 2 is 0.462 bits per heavy atom. The first-order valence-electron chi connectivity index (χ1n) is 37.2. The maximum Gasteiger partial charge on any atom is 0.472 e. The van der Waals surface area contributed by atoms with Crippen molar-refractivity contribution in [3.8, 4) is 0 Å². The van der Waals surface area contributed by atoms with Gasteiger partial charge in [0.2, 0.25) is 0 Å². The topological polar surface area (TPSA) is 237 Å². The summed E-state index contributed by atoms with van der Waals surface area (Å²) in [5.41, 5.74) is 0. The molecule has 0 aromatic carbocycles. The number of esters is 4. The molecule has 0 spiro atoms. The molecule has 0 aliphatic heterocycles. The van der Waals surface area contributed by atoms with Gasteiger partial charge in [0.1, 0.15) is 19.3 Å². The van der Waals surface area contributed by atoms with Crippen molar-refractivity contribution in [2.45, 2.75) is 375 Å². The number of unbranched alkanes of at least 4 members (excludes halogenated alkanes) is 35. The summed E-state index contributed by atoms with van der Waals surface area (Å²) in [6, 6.07) is 0. The van der Waals surface area contributed by atoms with Gasteiger partial charge in [0, 0.05) is 25.7 Å². The number of carbonyl (C=O) groups excluding carboxylic acids is 4. The van der Waals surface area contributed by atoms with Gasteiger partial charge in [0.25, 0.3) is 0 Å². The van der Waals surface area contributed by atoms with Crippen LogP contribution in [0.2, 0.25) is 0 Å². The van der Waals surface area contributed by atoms with E-state index in [4.69, 9.17) is 37.0 Å². The predicted molar refractivity (Wildman–Crippen MR) is 367 cm³/mol. The van der Waals surface area contributed by atoms with Crippen LogP contribution in [0.3, 0.4) is 0 Å². The zero-order valence-electron chi connectivity index (χ0n) is 59.5. The minimum absolute atomic E-state index is 0.105. The third-order valence-corrected chi connectivity index (χ3v) is 18.5. The van der Waals surface area contributed by atoms with Crippen molar-refractivity contribution in [3.05, 3.63) is 0 Å².